The second-order valence-corrected chi connectivity index (χ2v) is 6.74. The maximum Gasteiger partial charge on any atom is 0.233 e. The van der Waals surface area contributed by atoms with Crippen LogP contribution in [0.15, 0.2) is 17.3 Å². The van der Waals surface area contributed by atoms with Crippen molar-refractivity contribution in [2.45, 2.75) is 5.16 Å². The summed E-state index contributed by atoms with van der Waals surface area (Å²) in [5.41, 5.74) is 0.747. The molecule has 0 aliphatic carbocycles. The molecule has 0 spiro atoms. The molecule has 1 fully saturated rings. The highest BCUT2D eigenvalue weighted by atomic mass is 32.2. The first-order valence-electron chi connectivity index (χ1n) is 8.50. The molecule has 0 unspecified atom stereocenters. The number of hydrogen-bond acceptors (Lipinski definition) is 8. The van der Waals surface area contributed by atoms with E-state index in [1.165, 1.54) is 11.8 Å². The van der Waals surface area contributed by atoms with Gasteiger partial charge in [0.25, 0.3) is 0 Å². The van der Waals surface area contributed by atoms with E-state index in [0.29, 0.717) is 34.0 Å². The molecule has 1 saturated heterocycles. The summed E-state index contributed by atoms with van der Waals surface area (Å²) in [6, 6.07) is 3.59. The van der Waals surface area contributed by atoms with Crippen LogP contribution in [0.3, 0.4) is 0 Å². The monoisotopic (exact) mass is 393 g/mol. The highest BCUT2D eigenvalue weighted by Gasteiger charge is 2.19. The Balaban J connectivity index is 1.71. The van der Waals surface area contributed by atoms with Crippen molar-refractivity contribution in [3.05, 3.63) is 12.1 Å². The van der Waals surface area contributed by atoms with Crippen LogP contribution in [0.5, 0.6) is 17.2 Å². The topological polar surface area (TPSA) is 102 Å². The van der Waals surface area contributed by atoms with Crippen molar-refractivity contribution in [1.29, 1.82) is 0 Å². The van der Waals surface area contributed by atoms with Crippen molar-refractivity contribution in [3.63, 3.8) is 0 Å². The molecule has 1 aliphatic rings. The summed E-state index contributed by atoms with van der Waals surface area (Å²) in [6.07, 6.45) is 0. The summed E-state index contributed by atoms with van der Waals surface area (Å²) in [7, 11) is 4.67. The minimum Gasteiger partial charge on any atom is -0.493 e. The smallest absolute Gasteiger partial charge is 0.233 e. The summed E-state index contributed by atoms with van der Waals surface area (Å²) in [4.78, 5) is 18.6. The fourth-order valence-corrected chi connectivity index (χ4v) is 3.49. The highest BCUT2D eigenvalue weighted by molar-refractivity contribution is 7.99. The van der Waals surface area contributed by atoms with E-state index < -0.39 is 0 Å². The molecule has 0 radical (unpaired) electrons. The molecule has 1 amide bonds. The average molecular weight is 393 g/mol. The first-order chi connectivity index (χ1) is 13.2. The number of ether oxygens (including phenoxy) is 3. The molecule has 146 valence electrons. The van der Waals surface area contributed by atoms with Crippen molar-refractivity contribution in [3.8, 4) is 28.6 Å². The van der Waals surface area contributed by atoms with E-state index in [-0.39, 0.29) is 5.91 Å². The van der Waals surface area contributed by atoms with E-state index >= 15 is 0 Å². The zero-order valence-electron chi connectivity index (χ0n) is 15.6. The Morgan fingerprint density at radius 1 is 1.15 bits per heavy atom. The van der Waals surface area contributed by atoms with Crippen molar-refractivity contribution >= 4 is 17.7 Å². The van der Waals surface area contributed by atoms with Crippen LogP contribution in [0.25, 0.3) is 11.4 Å². The van der Waals surface area contributed by atoms with Gasteiger partial charge in [0.15, 0.2) is 17.3 Å². The standard InChI is InChI=1S/C17H23N5O4S/c1-24-12-8-11(9-13(25-2)15(12)26-3)16-19-17(21-20-16)27-10-14(23)22-6-4-18-5-7-22/h8-9,18H,4-7,10H2,1-3H3,(H,19,20,21). The number of piperazine rings is 1. The number of carbonyl (C=O) groups excluding carboxylic acids is 1. The zero-order chi connectivity index (χ0) is 19.2. The van der Waals surface area contributed by atoms with Crippen molar-refractivity contribution < 1.29 is 19.0 Å². The van der Waals surface area contributed by atoms with E-state index in [9.17, 15) is 4.79 Å². The Kier molecular flexibility index (Phi) is 6.40. The van der Waals surface area contributed by atoms with Gasteiger partial charge in [-0.2, -0.15) is 0 Å². The molecule has 0 saturated carbocycles. The summed E-state index contributed by atoms with van der Waals surface area (Å²) < 4.78 is 16.1. The molecule has 2 heterocycles. The van der Waals surface area contributed by atoms with Gasteiger partial charge in [0, 0.05) is 31.7 Å². The van der Waals surface area contributed by atoms with Gasteiger partial charge in [0.1, 0.15) is 0 Å². The Morgan fingerprint density at radius 2 is 1.81 bits per heavy atom. The van der Waals surface area contributed by atoms with Gasteiger partial charge in [-0.3, -0.25) is 9.89 Å². The first-order valence-corrected chi connectivity index (χ1v) is 9.49. The van der Waals surface area contributed by atoms with Crippen LogP contribution in [0.4, 0.5) is 0 Å². The molecule has 2 aromatic rings. The third-order valence-corrected chi connectivity index (χ3v) is 5.03. The quantitative estimate of drug-likeness (QED) is 0.673. The van der Waals surface area contributed by atoms with Crippen molar-refractivity contribution in [2.24, 2.45) is 0 Å². The number of nitrogens with one attached hydrogen (secondary N) is 2. The molecule has 0 atom stereocenters. The number of rotatable bonds is 7. The minimum atomic E-state index is 0.0978. The van der Waals surface area contributed by atoms with E-state index in [2.05, 4.69) is 20.5 Å². The maximum atomic E-state index is 12.3. The van der Waals surface area contributed by atoms with Gasteiger partial charge in [0.05, 0.1) is 27.1 Å². The summed E-state index contributed by atoms with van der Waals surface area (Å²) >= 11 is 1.31. The van der Waals surface area contributed by atoms with Crippen LogP contribution in [0.2, 0.25) is 0 Å². The van der Waals surface area contributed by atoms with Crippen LogP contribution in [-0.2, 0) is 4.79 Å². The largest absolute Gasteiger partial charge is 0.493 e. The number of amides is 1. The van der Waals surface area contributed by atoms with Gasteiger partial charge in [-0.1, -0.05) is 11.8 Å². The molecule has 2 N–H and O–H groups in total. The SMILES string of the molecule is COc1cc(-c2nc(SCC(=O)N3CCNCC3)n[nH]2)cc(OC)c1OC. The lowest BCUT2D eigenvalue weighted by Crippen LogP contribution is -2.47. The van der Waals surface area contributed by atoms with Gasteiger partial charge in [-0.15, -0.1) is 5.10 Å². The normalized spacial score (nSPS) is 14.1. The Labute approximate surface area is 161 Å². The molecule has 3 rings (SSSR count). The second-order valence-electron chi connectivity index (χ2n) is 5.80. The molecule has 1 aromatic heterocycles. The molecular formula is C17H23N5O4S. The van der Waals surface area contributed by atoms with Crippen LogP contribution in [0.1, 0.15) is 0 Å². The summed E-state index contributed by atoms with van der Waals surface area (Å²) in [6.45, 7) is 3.15. The number of methoxy groups -OCH3 is 3. The third-order valence-electron chi connectivity index (χ3n) is 4.20. The second kappa shape index (κ2) is 8.96. The molecule has 1 aromatic carbocycles. The molecule has 0 bridgehead atoms. The fraction of sp³-hybridized carbons (Fsp3) is 0.471. The van der Waals surface area contributed by atoms with E-state index in [1.54, 1.807) is 33.5 Å². The number of hydrogen-bond donors (Lipinski definition) is 2. The number of aromatic amines is 1. The number of nitrogens with zero attached hydrogens (tertiary/aromatic N) is 3. The van der Waals surface area contributed by atoms with Gasteiger partial charge in [0.2, 0.25) is 16.8 Å². The van der Waals surface area contributed by atoms with Gasteiger partial charge >= 0.3 is 0 Å². The van der Waals surface area contributed by atoms with Gasteiger partial charge < -0.3 is 24.4 Å². The number of thioether (sulfide) groups is 1. The summed E-state index contributed by atoms with van der Waals surface area (Å²) in [5.74, 6) is 2.55. The van der Waals surface area contributed by atoms with Crippen LogP contribution >= 0.6 is 11.8 Å². The molecule has 27 heavy (non-hydrogen) atoms. The van der Waals surface area contributed by atoms with Crippen molar-refractivity contribution in [1.82, 2.24) is 25.4 Å². The summed E-state index contributed by atoms with van der Waals surface area (Å²) in [5, 5.41) is 10.8. The predicted octanol–water partition coefficient (Wildman–Crippen LogP) is 1.02. The number of carbonyl (C=O) groups is 1. The lowest BCUT2D eigenvalue weighted by atomic mass is 10.1. The third kappa shape index (κ3) is 4.45. The van der Waals surface area contributed by atoms with Crippen LogP contribution in [-0.4, -0.2) is 79.2 Å². The lowest BCUT2D eigenvalue weighted by Gasteiger charge is -2.27. The van der Waals surface area contributed by atoms with E-state index in [1.807, 2.05) is 4.90 Å². The molecule has 1 aliphatic heterocycles. The van der Waals surface area contributed by atoms with Crippen LogP contribution in [0, 0.1) is 0 Å². The average Bonchev–Trinajstić information content (AvgIpc) is 3.20. The van der Waals surface area contributed by atoms with Crippen LogP contribution < -0.4 is 19.5 Å². The molecule has 9 nitrogen and oxygen atoms in total. The maximum absolute atomic E-state index is 12.3. The number of benzene rings is 1. The minimum absolute atomic E-state index is 0.0978. The van der Waals surface area contributed by atoms with Gasteiger partial charge in [-0.05, 0) is 12.1 Å². The molecule has 10 heteroatoms. The fourth-order valence-electron chi connectivity index (χ4n) is 2.79. The van der Waals surface area contributed by atoms with E-state index in [0.717, 1.165) is 31.7 Å². The highest BCUT2D eigenvalue weighted by Crippen LogP contribution is 2.40. The van der Waals surface area contributed by atoms with Crippen molar-refractivity contribution in [2.75, 3.05) is 53.3 Å². The number of aromatic nitrogens is 3. The molecular weight excluding hydrogens is 370 g/mol. The Morgan fingerprint density at radius 3 is 2.41 bits per heavy atom. The van der Waals surface area contributed by atoms with Gasteiger partial charge in [-0.25, -0.2) is 4.98 Å². The first kappa shape index (κ1) is 19.3. The Hall–Kier alpha value is -2.46. The number of H-pyrrole nitrogens is 1. The predicted molar refractivity (Wildman–Crippen MR) is 102 cm³/mol. The van der Waals surface area contributed by atoms with E-state index in [4.69, 9.17) is 14.2 Å². The Bertz CT molecular complexity index is 766. The zero-order valence-corrected chi connectivity index (χ0v) is 16.4. The lowest BCUT2D eigenvalue weighted by molar-refractivity contribution is -0.128.